The Morgan fingerprint density at radius 3 is 2.24 bits per heavy atom. The van der Waals surface area contributed by atoms with Gasteiger partial charge >= 0.3 is 0 Å². The van der Waals surface area contributed by atoms with E-state index in [4.69, 9.17) is 0 Å². The first-order valence-corrected chi connectivity index (χ1v) is 10.5. The Balaban J connectivity index is 1.43. The third-order valence-electron chi connectivity index (χ3n) is 6.01. The van der Waals surface area contributed by atoms with Crippen LogP contribution in [0.1, 0.15) is 36.0 Å². The van der Waals surface area contributed by atoms with Gasteiger partial charge in [0.05, 0.1) is 5.92 Å². The maximum absolute atomic E-state index is 12.8. The van der Waals surface area contributed by atoms with Gasteiger partial charge in [-0.3, -0.25) is 9.59 Å². The van der Waals surface area contributed by atoms with Crippen molar-refractivity contribution in [1.82, 2.24) is 0 Å². The number of aryl methyl sites for hydroxylation is 3. The normalized spacial score (nSPS) is 19.1. The van der Waals surface area contributed by atoms with Crippen molar-refractivity contribution in [2.75, 3.05) is 34.8 Å². The van der Waals surface area contributed by atoms with E-state index in [2.05, 4.69) is 41.4 Å². The zero-order valence-electron chi connectivity index (χ0n) is 17.5. The van der Waals surface area contributed by atoms with Gasteiger partial charge in [0.2, 0.25) is 11.8 Å². The summed E-state index contributed by atoms with van der Waals surface area (Å²) in [7, 11) is 0. The fourth-order valence-electron chi connectivity index (χ4n) is 4.67. The van der Waals surface area contributed by atoms with Crippen molar-refractivity contribution in [3.63, 3.8) is 0 Å². The molecule has 5 heteroatoms. The van der Waals surface area contributed by atoms with Crippen molar-refractivity contribution in [3.8, 4) is 0 Å². The Kier molecular flexibility index (Phi) is 5.31. The first-order valence-electron chi connectivity index (χ1n) is 10.5. The molecule has 2 heterocycles. The molecule has 4 rings (SSSR count). The van der Waals surface area contributed by atoms with E-state index in [9.17, 15) is 9.59 Å². The molecule has 2 saturated heterocycles. The van der Waals surface area contributed by atoms with Crippen LogP contribution in [0.2, 0.25) is 0 Å². The van der Waals surface area contributed by atoms with Crippen LogP contribution in [0.25, 0.3) is 0 Å². The number of carbonyl (C=O) groups excluding carboxylic acids is 2. The summed E-state index contributed by atoms with van der Waals surface area (Å²) < 4.78 is 0. The highest BCUT2D eigenvalue weighted by Gasteiger charge is 2.36. The summed E-state index contributed by atoms with van der Waals surface area (Å²) in [5.41, 5.74) is 6.27. The lowest BCUT2D eigenvalue weighted by molar-refractivity contribution is -0.122. The number of hydrogen-bond acceptors (Lipinski definition) is 3. The molecular weight excluding hydrogens is 362 g/mol. The van der Waals surface area contributed by atoms with Crippen LogP contribution in [0.3, 0.4) is 0 Å². The van der Waals surface area contributed by atoms with Crippen molar-refractivity contribution in [1.29, 1.82) is 0 Å². The second-order valence-electron chi connectivity index (χ2n) is 8.38. The van der Waals surface area contributed by atoms with E-state index in [1.165, 1.54) is 24.1 Å². The van der Waals surface area contributed by atoms with Gasteiger partial charge in [0.25, 0.3) is 0 Å². The zero-order chi connectivity index (χ0) is 20.5. The number of nitrogens with zero attached hydrogens (tertiary/aromatic N) is 2. The van der Waals surface area contributed by atoms with Crippen molar-refractivity contribution in [2.24, 2.45) is 5.92 Å². The van der Waals surface area contributed by atoms with Gasteiger partial charge in [-0.05, 0) is 69.0 Å². The van der Waals surface area contributed by atoms with Crippen molar-refractivity contribution in [3.05, 3.63) is 53.1 Å². The van der Waals surface area contributed by atoms with E-state index in [0.717, 1.165) is 35.6 Å². The standard InChI is InChI=1S/C24H29N3O2/c1-16-12-17(2)23(18(3)13-16)27-15-19(14-22(27)28)24(29)25-20-6-8-21(9-7-20)26-10-4-5-11-26/h6-9,12-13,19H,4-5,10-11,14-15H2,1-3H3,(H,25,29). The molecule has 1 atom stereocenters. The summed E-state index contributed by atoms with van der Waals surface area (Å²) >= 11 is 0. The molecule has 29 heavy (non-hydrogen) atoms. The Bertz CT molecular complexity index is 907. The number of amides is 2. The molecule has 2 fully saturated rings. The summed E-state index contributed by atoms with van der Waals surface area (Å²) in [4.78, 5) is 29.6. The average Bonchev–Trinajstić information content (AvgIpc) is 3.32. The molecule has 1 N–H and O–H groups in total. The highest BCUT2D eigenvalue weighted by atomic mass is 16.2. The minimum atomic E-state index is -0.333. The second-order valence-corrected chi connectivity index (χ2v) is 8.38. The second kappa shape index (κ2) is 7.90. The number of rotatable bonds is 4. The molecule has 0 aromatic heterocycles. The smallest absolute Gasteiger partial charge is 0.229 e. The van der Waals surface area contributed by atoms with Gasteiger partial charge in [-0.15, -0.1) is 0 Å². The van der Waals surface area contributed by atoms with Gasteiger partial charge in [0, 0.05) is 43.1 Å². The quantitative estimate of drug-likeness (QED) is 0.850. The molecule has 5 nitrogen and oxygen atoms in total. The predicted molar refractivity (Wildman–Crippen MR) is 118 cm³/mol. The van der Waals surface area contributed by atoms with E-state index in [1.807, 2.05) is 26.0 Å². The van der Waals surface area contributed by atoms with E-state index in [-0.39, 0.29) is 24.2 Å². The molecule has 2 aromatic carbocycles. The van der Waals surface area contributed by atoms with Crippen LogP contribution < -0.4 is 15.1 Å². The molecule has 2 amide bonds. The van der Waals surface area contributed by atoms with E-state index in [1.54, 1.807) is 4.90 Å². The fraction of sp³-hybridized carbons (Fsp3) is 0.417. The topological polar surface area (TPSA) is 52.7 Å². The molecule has 1 unspecified atom stereocenters. The van der Waals surface area contributed by atoms with Gasteiger partial charge in [-0.2, -0.15) is 0 Å². The maximum atomic E-state index is 12.8. The highest BCUT2D eigenvalue weighted by Crippen LogP contribution is 2.32. The Morgan fingerprint density at radius 2 is 1.62 bits per heavy atom. The minimum absolute atomic E-state index is 0.0181. The Morgan fingerprint density at radius 1 is 1.00 bits per heavy atom. The molecule has 0 saturated carbocycles. The van der Waals surface area contributed by atoms with Crippen LogP contribution in [0, 0.1) is 26.7 Å². The van der Waals surface area contributed by atoms with Crippen LogP contribution >= 0.6 is 0 Å². The monoisotopic (exact) mass is 391 g/mol. The number of carbonyl (C=O) groups is 2. The molecule has 2 aliphatic heterocycles. The van der Waals surface area contributed by atoms with Crippen molar-refractivity contribution >= 4 is 28.9 Å². The lowest BCUT2D eigenvalue weighted by Gasteiger charge is -2.22. The number of hydrogen-bond donors (Lipinski definition) is 1. The summed E-state index contributed by atoms with van der Waals surface area (Å²) in [6.45, 7) is 8.74. The van der Waals surface area contributed by atoms with Crippen LogP contribution in [0.5, 0.6) is 0 Å². The summed E-state index contributed by atoms with van der Waals surface area (Å²) in [6.07, 6.45) is 2.74. The van der Waals surface area contributed by atoms with Crippen LogP contribution in [-0.2, 0) is 9.59 Å². The van der Waals surface area contributed by atoms with Crippen molar-refractivity contribution < 1.29 is 9.59 Å². The lowest BCUT2D eigenvalue weighted by Crippen LogP contribution is -2.29. The summed E-state index contributed by atoms with van der Waals surface area (Å²) in [6, 6.07) is 12.2. The molecule has 0 spiro atoms. The highest BCUT2D eigenvalue weighted by molar-refractivity contribution is 6.04. The third kappa shape index (κ3) is 4.00. The molecule has 0 bridgehead atoms. The summed E-state index contributed by atoms with van der Waals surface area (Å²) in [5.74, 6) is -0.400. The minimum Gasteiger partial charge on any atom is -0.372 e. The molecule has 0 radical (unpaired) electrons. The van der Waals surface area contributed by atoms with E-state index < -0.39 is 0 Å². The zero-order valence-corrected chi connectivity index (χ0v) is 17.5. The SMILES string of the molecule is Cc1cc(C)c(N2CC(C(=O)Nc3ccc(N4CCCC4)cc3)CC2=O)c(C)c1. The van der Waals surface area contributed by atoms with E-state index >= 15 is 0 Å². The largest absolute Gasteiger partial charge is 0.372 e. The number of anilines is 3. The van der Waals surface area contributed by atoms with E-state index in [0.29, 0.717) is 6.54 Å². The van der Waals surface area contributed by atoms with Crippen LogP contribution in [-0.4, -0.2) is 31.4 Å². The first-order chi connectivity index (χ1) is 13.9. The van der Waals surface area contributed by atoms with Crippen LogP contribution in [0.4, 0.5) is 17.1 Å². The first kappa shape index (κ1) is 19.5. The molecule has 2 aromatic rings. The molecule has 2 aliphatic rings. The predicted octanol–water partition coefficient (Wildman–Crippen LogP) is 4.20. The average molecular weight is 392 g/mol. The van der Waals surface area contributed by atoms with Gasteiger partial charge in [-0.25, -0.2) is 0 Å². The fourth-order valence-corrected chi connectivity index (χ4v) is 4.67. The van der Waals surface area contributed by atoms with Crippen molar-refractivity contribution in [2.45, 2.75) is 40.0 Å². The Labute approximate surface area is 172 Å². The number of nitrogens with one attached hydrogen (secondary N) is 1. The maximum Gasteiger partial charge on any atom is 0.229 e. The summed E-state index contributed by atoms with van der Waals surface area (Å²) in [5, 5.41) is 3.00. The van der Waals surface area contributed by atoms with Gasteiger partial charge in [0.1, 0.15) is 0 Å². The molecular formula is C24H29N3O2. The van der Waals surface area contributed by atoms with Gasteiger partial charge < -0.3 is 15.1 Å². The van der Waals surface area contributed by atoms with Gasteiger partial charge in [-0.1, -0.05) is 17.7 Å². The Hall–Kier alpha value is -2.82. The number of benzene rings is 2. The third-order valence-corrected chi connectivity index (χ3v) is 6.01. The molecule has 152 valence electrons. The van der Waals surface area contributed by atoms with Gasteiger partial charge in [0.15, 0.2) is 0 Å². The lowest BCUT2D eigenvalue weighted by atomic mass is 10.0. The molecule has 0 aliphatic carbocycles. The van der Waals surface area contributed by atoms with Crippen LogP contribution in [0.15, 0.2) is 36.4 Å².